The molecule has 0 aliphatic carbocycles. The molecule has 11 nitrogen and oxygen atoms in total. The van der Waals surface area contributed by atoms with Gasteiger partial charge in [-0.05, 0) is 29.5 Å². The number of benzene rings is 1. The molecular weight excluding hydrogens is 573 g/mol. The number of halogens is 2. The van der Waals surface area contributed by atoms with Crippen LogP contribution >= 0.6 is 39.5 Å². The molecule has 1 aromatic heterocycles. The van der Waals surface area contributed by atoms with Crippen molar-refractivity contribution in [2.75, 3.05) is 30.9 Å². The molecule has 2 aromatic rings. The first-order chi connectivity index (χ1) is 15.2. The summed E-state index contributed by atoms with van der Waals surface area (Å²) in [5, 5.41) is 18.0. The summed E-state index contributed by atoms with van der Waals surface area (Å²) in [7, 11) is -0.214. The van der Waals surface area contributed by atoms with Crippen molar-refractivity contribution in [3.05, 3.63) is 45.8 Å². The molecule has 1 atom stereocenters. The minimum Gasteiger partial charge on any atom is -0.493 e. The Kier molecular flexibility index (Phi) is 10.6. The fourth-order valence-corrected chi connectivity index (χ4v) is 5.39. The van der Waals surface area contributed by atoms with Crippen LogP contribution in [-0.4, -0.2) is 45.3 Å². The first-order valence-electron chi connectivity index (χ1n) is 9.61. The van der Waals surface area contributed by atoms with Gasteiger partial charge in [-0.25, -0.2) is 14.7 Å². The number of nitrogens with one attached hydrogen (secondary N) is 2. The number of methoxy groups -OCH3 is 1. The number of imidazole rings is 1. The van der Waals surface area contributed by atoms with Crippen molar-refractivity contribution in [1.29, 1.82) is 0 Å². The molecule has 0 saturated heterocycles. The Bertz CT molecular complexity index is 948. The van der Waals surface area contributed by atoms with Crippen LogP contribution in [0.2, 0.25) is 0 Å². The summed E-state index contributed by atoms with van der Waals surface area (Å²) in [4.78, 5) is 14.2. The van der Waals surface area contributed by atoms with Crippen LogP contribution in [-0.2, 0) is 22.7 Å². The Morgan fingerprint density at radius 2 is 1.91 bits per heavy atom. The summed E-state index contributed by atoms with van der Waals surface area (Å²) in [6.07, 6.45) is 0.890. The van der Waals surface area contributed by atoms with Crippen molar-refractivity contribution in [3.63, 3.8) is 0 Å². The van der Waals surface area contributed by atoms with E-state index >= 15 is 0 Å². The zero-order chi connectivity index (χ0) is 23.7. The van der Waals surface area contributed by atoms with Crippen LogP contribution in [0.4, 0.5) is 5.95 Å². The molecule has 32 heavy (non-hydrogen) atoms. The van der Waals surface area contributed by atoms with E-state index in [9.17, 15) is 14.7 Å². The Morgan fingerprint density at radius 3 is 2.44 bits per heavy atom. The lowest BCUT2D eigenvalue weighted by molar-refractivity contribution is -0.396. The lowest BCUT2D eigenvalue weighted by Crippen LogP contribution is -2.27. The molecule has 1 heterocycles. The van der Waals surface area contributed by atoms with Crippen molar-refractivity contribution in [2.24, 2.45) is 7.05 Å². The Morgan fingerprint density at radius 1 is 1.25 bits per heavy atom. The second-order valence-electron chi connectivity index (χ2n) is 6.56. The van der Waals surface area contributed by atoms with E-state index in [1.54, 1.807) is 32.2 Å². The highest BCUT2D eigenvalue weighted by Crippen LogP contribution is 2.44. The topological polar surface area (TPSA) is 130 Å². The maximum absolute atomic E-state index is 13.1. The van der Waals surface area contributed by atoms with Gasteiger partial charge < -0.3 is 19.6 Å². The van der Waals surface area contributed by atoms with Crippen molar-refractivity contribution in [3.8, 4) is 11.5 Å². The van der Waals surface area contributed by atoms with Crippen LogP contribution in [0, 0.1) is 10.1 Å². The third-order valence-corrected chi connectivity index (χ3v) is 7.08. The van der Waals surface area contributed by atoms with Gasteiger partial charge in [0.15, 0.2) is 17.2 Å². The molecule has 0 aliphatic rings. The monoisotopic (exact) mass is 597 g/mol. The molecule has 2 rings (SSSR count). The largest absolute Gasteiger partial charge is 0.493 e. The summed E-state index contributed by atoms with van der Waals surface area (Å²) in [6, 6.07) is 5.24. The second kappa shape index (κ2) is 12.7. The third-order valence-electron chi connectivity index (χ3n) is 4.39. The maximum Gasteiger partial charge on any atom is 0.434 e. The van der Waals surface area contributed by atoms with E-state index in [2.05, 4.69) is 47.0 Å². The molecule has 0 aliphatic heterocycles. The minimum atomic E-state index is -3.27. The van der Waals surface area contributed by atoms with Gasteiger partial charge in [0.25, 0.3) is 0 Å². The van der Waals surface area contributed by atoms with E-state index < -0.39 is 18.7 Å². The number of nitro groups is 1. The molecule has 0 spiro atoms. The van der Waals surface area contributed by atoms with Crippen LogP contribution in [0.25, 0.3) is 0 Å². The van der Waals surface area contributed by atoms with Crippen molar-refractivity contribution >= 4 is 45.5 Å². The fraction of sp³-hybridized carbons (Fsp3) is 0.500. The molecule has 0 fully saturated rings. The number of ether oxygens (including phenoxy) is 2. The molecule has 1 aromatic carbocycles. The molecule has 0 amide bonds. The quantitative estimate of drug-likeness (QED) is 0.143. The molecule has 1 unspecified atom stereocenters. The van der Waals surface area contributed by atoms with Crippen molar-refractivity contribution in [1.82, 2.24) is 19.7 Å². The van der Waals surface area contributed by atoms with E-state index in [-0.39, 0.29) is 12.6 Å². The van der Waals surface area contributed by atoms with Gasteiger partial charge in [-0.2, -0.15) is 0 Å². The van der Waals surface area contributed by atoms with Crippen molar-refractivity contribution in [2.45, 2.75) is 19.6 Å². The van der Waals surface area contributed by atoms with Crippen LogP contribution in [0.5, 0.6) is 11.5 Å². The number of alkyl halides is 2. The smallest absolute Gasteiger partial charge is 0.434 e. The highest BCUT2D eigenvalue weighted by atomic mass is 79.9. The van der Waals surface area contributed by atoms with Crippen LogP contribution < -0.4 is 19.6 Å². The van der Waals surface area contributed by atoms with E-state index in [0.29, 0.717) is 40.9 Å². The van der Waals surface area contributed by atoms with Crippen LogP contribution in [0.1, 0.15) is 24.3 Å². The predicted molar refractivity (Wildman–Crippen MR) is 128 cm³/mol. The van der Waals surface area contributed by atoms with Gasteiger partial charge in [-0.3, -0.25) is 9.09 Å². The summed E-state index contributed by atoms with van der Waals surface area (Å²) in [5.41, 5.74) is 1.28. The minimum absolute atomic E-state index is 0.0707. The highest BCUT2D eigenvalue weighted by Gasteiger charge is 2.26. The lowest BCUT2D eigenvalue weighted by atomic mass is 10.1. The molecule has 2 N–H and O–H groups in total. The third kappa shape index (κ3) is 7.26. The number of aromatic nitrogens is 2. The first-order valence-corrected chi connectivity index (χ1v) is 13.5. The van der Waals surface area contributed by atoms with E-state index in [1.807, 2.05) is 0 Å². The van der Waals surface area contributed by atoms with Gasteiger partial charge >= 0.3 is 13.6 Å². The average molecular weight is 599 g/mol. The van der Waals surface area contributed by atoms with E-state index in [0.717, 1.165) is 5.56 Å². The maximum atomic E-state index is 13.1. The standard InChI is InChI=1S/C18H26Br2N5O6P/c1-13(31-32(28,22-8-6-19)23-9-7-20)14-4-5-16(17(10-14)29-3)30-12-15-11-21-18(24(15)2)25(26)27/h4-5,10-11,13H,6-9,12H2,1-3H3,(H2,22,23,28). The van der Waals surface area contributed by atoms with E-state index in [4.69, 9.17) is 14.0 Å². The van der Waals surface area contributed by atoms with Crippen LogP contribution in [0.15, 0.2) is 24.4 Å². The normalized spacial score (nSPS) is 12.5. The number of rotatable bonds is 14. The number of hydrogen-bond acceptors (Lipinski definition) is 7. The lowest BCUT2D eigenvalue weighted by Gasteiger charge is -2.24. The Labute approximate surface area is 203 Å². The summed E-state index contributed by atoms with van der Waals surface area (Å²) >= 11 is 6.61. The Hall–Kier alpha value is -1.50. The highest BCUT2D eigenvalue weighted by molar-refractivity contribution is 9.09. The predicted octanol–water partition coefficient (Wildman–Crippen LogP) is 4.07. The van der Waals surface area contributed by atoms with Gasteiger partial charge in [-0.1, -0.05) is 42.9 Å². The van der Waals surface area contributed by atoms with Gasteiger partial charge in [0, 0.05) is 23.7 Å². The Balaban J connectivity index is 2.13. The van der Waals surface area contributed by atoms with Gasteiger partial charge in [0.2, 0.25) is 0 Å². The van der Waals surface area contributed by atoms with Crippen molar-refractivity contribution < 1.29 is 23.5 Å². The molecule has 0 bridgehead atoms. The average Bonchev–Trinajstić information content (AvgIpc) is 3.15. The summed E-state index contributed by atoms with van der Waals surface area (Å²) < 4.78 is 31.5. The molecular formula is C18H26Br2N5O6P. The molecule has 0 radical (unpaired) electrons. The SMILES string of the molecule is COc1cc(C(C)OP(=O)(NCCBr)NCCBr)ccc1OCc1cnc([N+](=O)[O-])n1C. The molecule has 0 saturated carbocycles. The molecule has 14 heteroatoms. The number of hydrogen-bond donors (Lipinski definition) is 2. The van der Waals surface area contributed by atoms with E-state index in [1.165, 1.54) is 17.9 Å². The summed E-state index contributed by atoms with van der Waals surface area (Å²) in [5.74, 6) is 0.639. The first kappa shape index (κ1) is 26.7. The number of nitrogens with zero attached hydrogens (tertiary/aromatic N) is 3. The van der Waals surface area contributed by atoms with Gasteiger partial charge in [-0.15, -0.1) is 0 Å². The van der Waals surface area contributed by atoms with Gasteiger partial charge in [0.1, 0.15) is 12.8 Å². The van der Waals surface area contributed by atoms with Crippen LogP contribution in [0.3, 0.4) is 0 Å². The zero-order valence-corrected chi connectivity index (χ0v) is 22.0. The van der Waals surface area contributed by atoms with Gasteiger partial charge in [0.05, 0.1) is 20.3 Å². The molecule has 178 valence electrons. The summed E-state index contributed by atoms with van der Waals surface area (Å²) in [6.45, 7) is 2.81. The second-order valence-corrected chi connectivity index (χ2v) is 10.1. The fourth-order valence-electron chi connectivity index (χ4n) is 2.74. The zero-order valence-electron chi connectivity index (χ0n) is 17.9.